The number of phenolic OH excluding ortho intramolecular Hbond substituents is 1. The van der Waals surface area contributed by atoms with Crippen molar-refractivity contribution in [2.45, 2.75) is 26.3 Å². The van der Waals surface area contributed by atoms with Crippen LogP contribution in [-0.4, -0.2) is 27.1 Å². The van der Waals surface area contributed by atoms with Gasteiger partial charge >= 0.3 is 0 Å². The molecule has 0 saturated carbocycles. The van der Waals surface area contributed by atoms with E-state index in [1.165, 1.54) is 0 Å². The molecule has 1 aromatic carbocycles. The molecular weight excluding hydrogens is 254 g/mol. The number of benzene rings is 1. The Morgan fingerprint density at radius 2 is 2.25 bits per heavy atom. The van der Waals surface area contributed by atoms with E-state index >= 15 is 0 Å². The van der Waals surface area contributed by atoms with Gasteiger partial charge in [-0.15, -0.1) is 0 Å². The number of amides is 1. The maximum absolute atomic E-state index is 12.0. The monoisotopic (exact) mass is 273 g/mol. The topological polar surface area (TPSA) is 67.2 Å². The number of aryl methyl sites for hydroxylation is 1. The fourth-order valence-electron chi connectivity index (χ4n) is 2.00. The largest absolute Gasteiger partial charge is 0.508 e. The van der Waals surface area contributed by atoms with Crippen molar-refractivity contribution in [1.82, 2.24) is 14.9 Å². The van der Waals surface area contributed by atoms with Crippen molar-refractivity contribution in [1.29, 1.82) is 0 Å². The summed E-state index contributed by atoms with van der Waals surface area (Å²) in [6, 6.07) is 4.98. The maximum Gasteiger partial charge on any atom is 0.251 e. The summed E-state index contributed by atoms with van der Waals surface area (Å²) in [4.78, 5) is 15.9. The third-order valence-corrected chi connectivity index (χ3v) is 3.24. The minimum absolute atomic E-state index is 0.138. The van der Waals surface area contributed by atoms with E-state index in [0.717, 1.165) is 19.4 Å². The molecular formula is C15H19N3O2. The highest BCUT2D eigenvalue weighted by atomic mass is 16.3. The van der Waals surface area contributed by atoms with Crippen LogP contribution >= 0.6 is 0 Å². The summed E-state index contributed by atoms with van der Waals surface area (Å²) in [6.45, 7) is 3.27. The van der Waals surface area contributed by atoms with E-state index in [2.05, 4.69) is 10.3 Å². The van der Waals surface area contributed by atoms with Gasteiger partial charge in [0.2, 0.25) is 0 Å². The van der Waals surface area contributed by atoms with Crippen LogP contribution in [0.2, 0.25) is 0 Å². The predicted octanol–water partition coefficient (Wildman–Crippen LogP) is 2.11. The lowest BCUT2D eigenvalue weighted by Crippen LogP contribution is -2.25. The quantitative estimate of drug-likeness (QED) is 0.792. The Morgan fingerprint density at radius 1 is 1.40 bits per heavy atom. The SMILES string of the molecule is Cc1c(O)cccc1C(=O)NCCCCn1ccnc1. The Kier molecular flexibility index (Phi) is 4.76. The van der Waals surface area contributed by atoms with E-state index in [-0.39, 0.29) is 11.7 Å². The molecule has 1 amide bonds. The van der Waals surface area contributed by atoms with Gasteiger partial charge in [0.25, 0.3) is 5.91 Å². The number of rotatable bonds is 6. The molecule has 0 radical (unpaired) electrons. The predicted molar refractivity (Wildman–Crippen MR) is 76.6 cm³/mol. The van der Waals surface area contributed by atoms with Crippen molar-refractivity contribution in [2.75, 3.05) is 6.54 Å². The summed E-state index contributed by atoms with van der Waals surface area (Å²) in [5, 5.41) is 12.4. The molecule has 0 bridgehead atoms. The van der Waals surface area contributed by atoms with Gasteiger partial charge in [0, 0.05) is 36.6 Å². The molecule has 0 spiro atoms. The molecule has 1 aromatic heterocycles. The Balaban J connectivity index is 1.74. The average Bonchev–Trinajstić information content (AvgIpc) is 2.94. The number of hydrogen-bond acceptors (Lipinski definition) is 3. The zero-order valence-electron chi connectivity index (χ0n) is 11.5. The van der Waals surface area contributed by atoms with Gasteiger partial charge in [0.1, 0.15) is 5.75 Å². The van der Waals surface area contributed by atoms with E-state index in [1.807, 2.05) is 10.8 Å². The number of nitrogens with zero attached hydrogens (tertiary/aromatic N) is 2. The van der Waals surface area contributed by atoms with E-state index in [0.29, 0.717) is 17.7 Å². The highest BCUT2D eigenvalue weighted by molar-refractivity contribution is 5.96. The van der Waals surface area contributed by atoms with E-state index in [1.54, 1.807) is 37.6 Å². The molecule has 0 unspecified atom stereocenters. The first-order valence-electron chi connectivity index (χ1n) is 6.71. The van der Waals surface area contributed by atoms with Crippen molar-refractivity contribution in [2.24, 2.45) is 0 Å². The molecule has 0 aliphatic carbocycles. The normalized spacial score (nSPS) is 10.4. The van der Waals surface area contributed by atoms with Gasteiger partial charge in [0.05, 0.1) is 6.33 Å². The summed E-state index contributed by atoms with van der Waals surface area (Å²) in [5.74, 6) is 0.0128. The van der Waals surface area contributed by atoms with Crippen LogP contribution in [-0.2, 0) is 6.54 Å². The molecule has 0 aliphatic rings. The number of unbranched alkanes of at least 4 members (excludes halogenated alkanes) is 1. The van der Waals surface area contributed by atoms with Crippen LogP contribution in [0.4, 0.5) is 0 Å². The number of nitrogens with one attached hydrogen (secondary N) is 1. The van der Waals surface area contributed by atoms with Crippen LogP contribution in [0.25, 0.3) is 0 Å². The van der Waals surface area contributed by atoms with Crippen molar-refractivity contribution in [3.63, 3.8) is 0 Å². The van der Waals surface area contributed by atoms with Crippen molar-refractivity contribution in [3.8, 4) is 5.75 Å². The maximum atomic E-state index is 12.0. The minimum Gasteiger partial charge on any atom is -0.508 e. The standard InChI is InChI=1S/C15H19N3O2/c1-12-13(5-4-6-14(12)19)15(20)17-7-2-3-9-18-10-8-16-11-18/h4-6,8,10-11,19H,2-3,7,9H2,1H3,(H,17,20). The molecule has 106 valence electrons. The van der Waals surface area contributed by atoms with Gasteiger partial charge in [-0.3, -0.25) is 4.79 Å². The zero-order chi connectivity index (χ0) is 14.4. The fraction of sp³-hybridized carbons (Fsp3) is 0.333. The minimum atomic E-state index is -0.138. The number of hydrogen-bond donors (Lipinski definition) is 2. The van der Waals surface area contributed by atoms with Crippen molar-refractivity contribution < 1.29 is 9.90 Å². The summed E-state index contributed by atoms with van der Waals surface area (Å²) < 4.78 is 2.02. The molecule has 2 aromatic rings. The summed E-state index contributed by atoms with van der Waals surface area (Å²) >= 11 is 0. The average molecular weight is 273 g/mol. The molecule has 0 fully saturated rings. The Morgan fingerprint density at radius 3 is 3.00 bits per heavy atom. The second-order valence-corrected chi connectivity index (χ2v) is 4.71. The zero-order valence-corrected chi connectivity index (χ0v) is 11.5. The van der Waals surface area contributed by atoms with Gasteiger partial charge in [-0.05, 0) is 31.9 Å². The van der Waals surface area contributed by atoms with E-state index in [9.17, 15) is 9.90 Å². The first kappa shape index (κ1) is 14.1. The van der Waals surface area contributed by atoms with Gasteiger partial charge in [-0.25, -0.2) is 4.98 Å². The highest BCUT2D eigenvalue weighted by Gasteiger charge is 2.10. The van der Waals surface area contributed by atoms with Gasteiger partial charge in [-0.2, -0.15) is 0 Å². The molecule has 0 aliphatic heterocycles. The number of carbonyl (C=O) groups excluding carboxylic acids is 1. The molecule has 5 nitrogen and oxygen atoms in total. The number of aromatic hydroxyl groups is 1. The molecule has 2 rings (SSSR count). The number of imidazole rings is 1. The van der Waals surface area contributed by atoms with Crippen molar-refractivity contribution >= 4 is 5.91 Å². The van der Waals surface area contributed by atoms with Crippen LogP contribution in [0.5, 0.6) is 5.75 Å². The highest BCUT2D eigenvalue weighted by Crippen LogP contribution is 2.19. The third kappa shape index (κ3) is 3.60. The lowest BCUT2D eigenvalue weighted by molar-refractivity contribution is 0.0952. The summed E-state index contributed by atoms with van der Waals surface area (Å²) in [7, 11) is 0. The lowest BCUT2D eigenvalue weighted by Gasteiger charge is -2.08. The smallest absolute Gasteiger partial charge is 0.251 e. The Bertz CT molecular complexity index is 565. The Hall–Kier alpha value is -2.30. The first-order chi connectivity index (χ1) is 9.68. The van der Waals surface area contributed by atoms with Crippen LogP contribution in [0, 0.1) is 6.92 Å². The van der Waals surface area contributed by atoms with Crippen LogP contribution in [0.3, 0.4) is 0 Å². The molecule has 5 heteroatoms. The van der Waals surface area contributed by atoms with E-state index < -0.39 is 0 Å². The van der Waals surface area contributed by atoms with Crippen LogP contribution in [0.1, 0.15) is 28.8 Å². The number of aromatic nitrogens is 2. The number of carbonyl (C=O) groups is 1. The second kappa shape index (κ2) is 6.75. The molecule has 0 atom stereocenters. The van der Waals surface area contributed by atoms with Crippen LogP contribution < -0.4 is 5.32 Å². The molecule has 2 N–H and O–H groups in total. The third-order valence-electron chi connectivity index (χ3n) is 3.24. The molecule has 0 saturated heterocycles. The van der Waals surface area contributed by atoms with Crippen molar-refractivity contribution in [3.05, 3.63) is 48.0 Å². The van der Waals surface area contributed by atoms with Gasteiger partial charge in [-0.1, -0.05) is 6.07 Å². The van der Waals surface area contributed by atoms with Gasteiger partial charge in [0.15, 0.2) is 0 Å². The van der Waals surface area contributed by atoms with Crippen LogP contribution in [0.15, 0.2) is 36.9 Å². The van der Waals surface area contributed by atoms with E-state index in [4.69, 9.17) is 0 Å². The first-order valence-corrected chi connectivity index (χ1v) is 6.71. The summed E-state index contributed by atoms with van der Waals surface area (Å²) in [6.07, 6.45) is 7.35. The fourth-order valence-corrected chi connectivity index (χ4v) is 2.00. The number of phenols is 1. The molecule has 1 heterocycles. The summed E-state index contributed by atoms with van der Waals surface area (Å²) in [5.41, 5.74) is 1.14. The van der Waals surface area contributed by atoms with Gasteiger partial charge < -0.3 is 15.0 Å². The molecule has 20 heavy (non-hydrogen) atoms. The Labute approximate surface area is 118 Å². The second-order valence-electron chi connectivity index (χ2n) is 4.71. The lowest BCUT2D eigenvalue weighted by atomic mass is 10.1.